The van der Waals surface area contributed by atoms with E-state index in [1.54, 1.807) is 17.8 Å². The van der Waals surface area contributed by atoms with Gasteiger partial charge in [-0.15, -0.1) is 11.8 Å². The van der Waals surface area contributed by atoms with E-state index < -0.39 is 15.9 Å². The molecule has 0 bridgehead atoms. The minimum absolute atomic E-state index is 0.0549. The number of thioether (sulfide) groups is 1. The molecule has 4 aliphatic rings. The molecule has 3 fully saturated rings. The molecular weight excluding hydrogens is 548 g/mol. The molecule has 7 rings (SSSR count). The number of amides is 1. The molecule has 4 atom stereocenters. The van der Waals surface area contributed by atoms with Crippen molar-refractivity contribution in [2.45, 2.75) is 31.3 Å². The lowest BCUT2D eigenvalue weighted by Gasteiger charge is -2.51. The maximum Gasteiger partial charge on any atom is 0.269 e. The predicted molar refractivity (Wildman–Crippen MR) is 164 cm³/mol. The van der Waals surface area contributed by atoms with Crippen LogP contribution in [0.3, 0.4) is 0 Å². The highest BCUT2D eigenvalue weighted by molar-refractivity contribution is 7.99. The van der Waals surface area contributed by atoms with Crippen molar-refractivity contribution in [3.05, 3.63) is 110 Å². The van der Waals surface area contributed by atoms with E-state index in [0.29, 0.717) is 35.8 Å². The van der Waals surface area contributed by atoms with Crippen LogP contribution in [0.5, 0.6) is 0 Å². The number of hydrogen-bond donors (Lipinski definition) is 1. The molecule has 3 aromatic carbocycles. The summed E-state index contributed by atoms with van der Waals surface area (Å²) >= 11 is 1.74. The summed E-state index contributed by atoms with van der Waals surface area (Å²) in [5.74, 6) is 0.672. The molecule has 1 amide bonds. The first-order chi connectivity index (χ1) is 20.2. The number of nitro benzene ring substituents is 1. The van der Waals surface area contributed by atoms with E-state index in [0.717, 1.165) is 28.0 Å². The number of nitrogens with one attached hydrogen (secondary N) is 1. The van der Waals surface area contributed by atoms with Gasteiger partial charge in [0.1, 0.15) is 5.54 Å². The number of fused-ring (bicyclic) bond motifs is 5. The van der Waals surface area contributed by atoms with Crippen LogP contribution in [-0.4, -0.2) is 64.2 Å². The van der Waals surface area contributed by atoms with Gasteiger partial charge in [0.25, 0.3) is 11.6 Å². The summed E-state index contributed by atoms with van der Waals surface area (Å²) in [6, 6.07) is 20.8. The molecule has 9 heteroatoms. The monoisotopic (exact) mass is 580 g/mol. The number of anilines is 1. The summed E-state index contributed by atoms with van der Waals surface area (Å²) in [6.07, 6.45) is 1.96. The third-order valence-electron chi connectivity index (χ3n) is 9.60. The number of hydrogen-bond acceptors (Lipinski definition) is 7. The van der Waals surface area contributed by atoms with Gasteiger partial charge in [0.05, 0.1) is 10.3 Å². The zero-order chi connectivity index (χ0) is 29.4. The van der Waals surface area contributed by atoms with E-state index in [4.69, 9.17) is 0 Å². The van der Waals surface area contributed by atoms with E-state index in [1.807, 2.05) is 51.2 Å². The van der Waals surface area contributed by atoms with Crippen LogP contribution in [0.4, 0.5) is 11.4 Å². The summed E-state index contributed by atoms with van der Waals surface area (Å²) in [6.45, 7) is 4.87. The molecule has 214 valence electrons. The summed E-state index contributed by atoms with van der Waals surface area (Å²) in [5, 5.41) is 15.1. The molecule has 1 N–H and O–H groups in total. The van der Waals surface area contributed by atoms with Gasteiger partial charge in [-0.2, -0.15) is 0 Å². The molecule has 8 nitrogen and oxygen atoms in total. The molecule has 4 heterocycles. The topological polar surface area (TPSA) is 95.8 Å². The van der Waals surface area contributed by atoms with Crippen LogP contribution in [0.2, 0.25) is 0 Å². The Balaban J connectivity index is 1.54. The number of likely N-dealkylation sites (N-methyl/N-ethyl adjacent to an activating group) is 1. The zero-order valence-corrected chi connectivity index (χ0v) is 24.6. The number of rotatable bonds is 3. The second kappa shape index (κ2) is 9.62. The molecule has 0 aliphatic carbocycles. The lowest BCUT2D eigenvalue weighted by molar-refractivity contribution is -0.385. The van der Waals surface area contributed by atoms with Crippen LogP contribution in [-0.2, 0) is 15.1 Å². The third-order valence-corrected chi connectivity index (χ3v) is 10.6. The van der Waals surface area contributed by atoms with E-state index in [1.165, 1.54) is 12.1 Å². The summed E-state index contributed by atoms with van der Waals surface area (Å²) in [5.41, 5.74) is 3.18. The second-order valence-electron chi connectivity index (χ2n) is 12.1. The molecule has 0 unspecified atom stereocenters. The van der Waals surface area contributed by atoms with E-state index in [2.05, 4.69) is 39.4 Å². The first kappa shape index (κ1) is 27.1. The van der Waals surface area contributed by atoms with Crippen molar-refractivity contribution < 1.29 is 14.5 Å². The average Bonchev–Trinajstić information content (AvgIpc) is 3.61. The van der Waals surface area contributed by atoms with Crippen molar-refractivity contribution in [3.8, 4) is 0 Å². The molecule has 0 radical (unpaired) electrons. The smallest absolute Gasteiger partial charge is 0.269 e. The molecule has 2 spiro atoms. The fraction of sp³-hybridized carbons (Fsp3) is 0.333. The number of non-ortho nitro benzene ring substituents is 1. The summed E-state index contributed by atoms with van der Waals surface area (Å²) in [7, 11) is 2.00. The van der Waals surface area contributed by atoms with Crippen LogP contribution in [0.1, 0.15) is 33.7 Å². The Morgan fingerprint density at radius 1 is 1.02 bits per heavy atom. The van der Waals surface area contributed by atoms with Crippen molar-refractivity contribution in [1.82, 2.24) is 9.80 Å². The third kappa shape index (κ3) is 3.63. The Hall–Kier alpha value is -3.79. The van der Waals surface area contributed by atoms with Crippen molar-refractivity contribution >= 4 is 40.9 Å². The Bertz CT molecular complexity index is 1670. The Morgan fingerprint density at radius 2 is 1.71 bits per heavy atom. The van der Waals surface area contributed by atoms with Gasteiger partial charge in [0, 0.05) is 65.6 Å². The molecule has 0 saturated carbocycles. The van der Waals surface area contributed by atoms with Gasteiger partial charge in [-0.3, -0.25) is 24.6 Å². The van der Waals surface area contributed by atoms with Crippen LogP contribution in [0.15, 0.2) is 72.3 Å². The number of Topliss-reactive ketones (excluding diaryl/α,β-unsaturated/α-hetero) is 1. The van der Waals surface area contributed by atoms with Gasteiger partial charge in [0.2, 0.25) is 0 Å². The number of ketones is 1. The number of carbonyl (C=O) groups excluding carboxylic acids is 2. The Labute approximate surface area is 248 Å². The van der Waals surface area contributed by atoms with Gasteiger partial charge in [0.15, 0.2) is 5.78 Å². The minimum Gasteiger partial charge on any atom is -0.324 e. The number of piperidine rings is 1. The largest absolute Gasteiger partial charge is 0.324 e. The Kier molecular flexibility index (Phi) is 6.20. The molecule has 3 aromatic rings. The van der Waals surface area contributed by atoms with Crippen molar-refractivity contribution in [3.63, 3.8) is 0 Å². The van der Waals surface area contributed by atoms with Crippen LogP contribution in [0.25, 0.3) is 6.08 Å². The SMILES string of the molecule is Cc1ccc(/C=C2\CN(C)C[C@@]3(C2=O)[C@@H](c2ccc(C)cc2)[C@@H]2CSCN2[C@@]32C(=O)Nc3ccc([N+](=O)[O-])cc32)cc1. The van der Waals surface area contributed by atoms with Gasteiger partial charge >= 0.3 is 0 Å². The van der Waals surface area contributed by atoms with Crippen molar-refractivity contribution in [2.75, 3.05) is 37.1 Å². The summed E-state index contributed by atoms with van der Waals surface area (Å²) in [4.78, 5) is 45.9. The maximum atomic E-state index is 15.3. The van der Waals surface area contributed by atoms with Gasteiger partial charge in [-0.1, -0.05) is 59.7 Å². The van der Waals surface area contributed by atoms with E-state index >= 15 is 4.79 Å². The summed E-state index contributed by atoms with van der Waals surface area (Å²) < 4.78 is 0. The maximum absolute atomic E-state index is 15.3. The first-order valence-corrected chi connectivity index (χ1v) is 15.3. The quantitative estimate of drug-likeness (QED) is 0.261. The number of benzene rings is 3. The van der Waals surface area contributed by atoms with Crippen molar-refractivity contribution in [2.24, 2.45) is 5.41 Å². The number of likely N-dealkylation sites (tertiary alicyclic amines) is 1. The standard InChI is InChI=1S/C33H32N4O4S/c1-20-4-8-22(9-5-20)14-24-16-35(3)18-32(30(24)38)29(23-10-6-21(2)7-11-23)28-17-42-19-36(28)33(32)26-15-25(37(40)41)12-13-27(26)34-31(33)39/h4-15,28-29H,16-19H2,1-3H3,(H,34,39)/b24-14+/t28-,29-,32-,33-/m0/s1. The molecule has 4 aliphatic heterocycles. The zero-order valence-electron chi connectivity index (χ0n) is 23.8. The lowest BCUT2D eigenvalue weighted by atomic mass is 9.55. The van der Waals surface area contributed by atoms with Gasteiger partial charge in [-0.25, -0.2) is 0 Å². The number of nitro groups is 1. The average molecular weight is 581 g/mol. The van der Waals surface area contributed by atoms with Crippen LogP contribution >= 0.6 is 11.8 Å². The van der Waals surface area contributed by atoms with Crippen molar-refractivity contribution in [1.29, 1.82) is 0 Å². The lowest BCUT2D eigenvalue weighted by Crippen LogP contribution is -2.65. The predicted octanol–water partition coefficient (Wildman–Crippen LogP) is 5.12. The number of aryl methyl sites for hydroxylation is 2. The minimum atomic E-state index is -1.41. The highest BCUT2D eigenvalue weighted by Crippen LogP contribution is 2.68. The van der Waals surface area contributed by atoms with Crippen LogP contribution < -0.4 is 5.32 Å². The molecule has 0 aromatic heterocycles. The highest BCUT2D eigenvalue weighted by Gasteiger charge is 2.78. The number of carbonyl (C=O) groups is 2. The molecule has 3 saturated heterocycles. The fourth-order valence-corrected chi connectivity index (χ4v) is 9.28. The molecule has 42 heavy (non-hydrogen) atoms. The highest BCUT2D eigenvalue weighted by atomic mass is 32.2. The Morgan fingerprint density at radius 3 is 2.40 bits per heavy atom. The van der Waals surface area contributed by atoms with E-state index in [9.17, 15) is 14.9 Å². The fourth-order valence-electron chi connectivity index (χ4n) is 7.98. The van der Waals surface area contributed by atoms with Gasteiger partial charge in [-0.05, 0) is 44.2 Å². The van der Waals surface area contributed by atoms with Crippen LogP contribution in [0, 0.1) is 29.4 Å². The second-order valence-corrected chi connectivity index (χ2v) is 13.1. The first-order valence-electron chi connectivity index (χ1n) is 14.2. The molecular formula is C33H32N4O4S. The van der Waals surface area contributed by atoms with Gasteiger partial charge < -0.3 is 10.2 Å². The van der Waals surface area contributed by atoms with E-state index in [-0.39, 0.29) is 29.3 Å². The normalized spacial score (nSPS) is 29.8. The number of nitrogens with zero attached hydrogens (tertiary/aromatic N) is 3.